The molecule has 1 aromatic carbocycles. The van der Waals surface area contributed by atoms with Gasteiger partial charge in [0, 0.05) is 65.1 Å². The number of hydrogen-bond acceptors (Lipinski definition) is 5. The molecule has 1 aliphatic rings. The van der Waals surface area contributed by atoms with Gasteiger partial charge in [0.15, 0.2) is 0 Å². The zero-order chi connectivity index (χ0) is 21.6. The van der Waals surface area contributed by atoms with Crippen LogP contribution in [-0.4, -0.2) is 73.2 Å². The Morgan fingerprint density at radius 3 is 2.47 bits per heavy atom. The van der Waals surface area contributed by atoms with Crippen LogP contribution in [0, 0.1) is 5.82 Å². The van der Waals surface area contributed by atoms with Crippen LogP contribution in [0.1, 0.15) is 18.4 Å². The highest BCUT2D eigenvalue weighted by Gasteiger charge is 2.23. The molecule has 0 aliphatic carbocycles. The zero-order valence-corrected chi connectivity index (χ0v) is 17.9. The molecule has 7 nitrogen and oxygen atoms in total. The van der Waals surface area contributed by atoms with Gasteiger partial charge >= 0.3 is 0 Å². The van der Waals surface area contributed by atoms with Gasteiger partial charge in [-0.15, -0.1) is 0 Å². The fourth-order valence-electron chi connectivity index (χ4n) is 3.42. The Morgan fingerprint density at radius 1 is 1.13 bits per heavy atom. The fraction of sp³-hybridized carbons (Fsp3) is 0.429. The molecule has 0 radical (unpaired) electrons. The number of nitrogens with zero attached hydrogens (tertiary/aromatic N) is 4. The summed E-state index contributed by atoms with van der Waals surface area (Å²) in [6.45, 7) is 4.00. The standard InChI is InChI=1S/C21H27FN4O3S/c1-24(30(28,29)20-8-6-19(22)7-9-20)11-3-5-21(27)26-14-12-25(13-15-26)17-18-4-2-10-23-16-18/h2,4,6-10,16H,3,5,11-15,17H2,1H3. The first-order chi connectivity index (χ1) is 14.4. The molecule has 1 aliphatic heterocycles. The average Bonchev–Trinajstić information content (AvgIpc) is 2.75. The Kier molecular flexibility index (Phi) is 7.52. The van der Waals surface area contributed by atoms with E-state index in [1.54, 1.807) is 6.20 Å². The summed E-state index contributed by atoms with van der Waals surface area (Å²) in [6, 6.07) is 8.70. The lowest BCUT2D eigenvalue weighted by atomic mass is 10.2. The van der Waals surface area contributed by atoms with Gasteiger partial charge in [-0.1, -0.05) is 6.07 Å². The highest BCUT2D eigenvalue weighted by molar-refractivity contribution is 7.89. The zero-order valence-electron chi connectivity index (χ0n) is 17.1. The molecular formula is C21H27FN4O3S. The molecule has 0 spiro atoms. The van der Waals surface area contributed by atoms with Crippen LogP contribution in [0.5, 0.6) is 0 Å². The maximum absolute atomic E-state index is 13.0. The van der Waals surface area contributed by atoms with E-state index in [2.05, 4.69) is 9.88 Å². The third-order valence-corrected chi connectivity index (χ3v) is 7.11. The van der Waals surface area contributed by atoms with E-state index in [0.29, 0.717) is 25.9 Å². The minimum Gasteiger partial charge on any atom is -0.340 e. The Hall–Kier alpha value is -2.36. The van der Waals surface area contributed by atoms with Crippen molar-refractivity contribution in [3.05, 3.63) is 60.2 Å². The van der Waals surface area contributed by atoms with E-state index in [0.717, 1.165) is 37.3 Å². The van der Waals surface area contributed by atoms with Gasteiger partial charge in [0.05, 0.1) is 4.90 Å². The molecule has 0 N–H and O–H groups in total. The molecule has 1 aromatic heterocycles. The number of halogens is 1. The van der Waals surface area contributed by atoms with Crippen LogP contribution in [0.2, 0.25) is 0 Å². The summed E-state index contributed by atoms with van der Waals surface area (Å²) in [5.41, 5.74) is 1.16. The van der Waals surface area contributed by atoms with Gasteiger partial charge in [-0.2, -0.15) is 0 Å². The van der Waals surface area contributed by atoms with Gasteiger partial charge in [0.1, 0.15) is 5.82 Å². The SMILES string of the molecule is CN(CCCC(=O)N1CCN(Cc2cccnc2)CC1)S(=O)(=O)c1ccc(F)cc1. The summed E-state index contributed by atoms with van der Waals surface area (Å²) in [4.78, 5) is 20.8. The van der Waals surface area contributed by atoms with Crippen molar-refractivity contribution in [1.29, 1.82) is 0 Å². The summed E-state index contributed by atoms with van der Waals surface area (Å²) in [5, 5.41) is 0. The molecule has 2 heterocycles. The predicted octanol–water partition coefficient (Wildman–Crippen LogP) is 1.97. The Labute approximate surface area is 177 Å². The van der Waals surface area contributed by atoms with Crippen molar-refractivity contribution in [3.63, 3.8) is 0 Å². The first-order valence-electron chi connectivity index (χ1n) is 9.97. The van der Waals surface area contributed by atoms with Gasteiger partial charge in [-0.25, -0.2) is 17.1 Å². The number of pyridine rings is 1. The summed E-state index contributed by atoms with van der Waals surface area (Å²) >= 11 is 0. The third-order valence-electron chi connectivity index (χ3n) is 5.24. The third kappa shape index (κ3) is 5.84. The summed E-state index contributed by atoms with van der Waals surface area (Å²) < 4.78 is 39.2. The maximum atomic E-state index is 13.0. The molecule has 1 amide bonds. The van der Waals surface area contributed by atoms with E-state index in [4.69, 9.17) is 0 Å². The van der Waals surface area contributed by atoms with Crippen LogP contribution in [-0.2, 0) is 21.4 Å². The van der Waals surface area contributed by atoms with E-state index in [1.807, 2.05) is 23.2 Å². The molecule has 1 fully saturated rings. The van der Waals surface area contributed by atoms with Crippen LogP contribution in [0.4, 0.5) is 4.39 Å². The quantitative estimate of drug-likeness (QED) is 0.635. The van der Waals surface area contributed by atoms with Crippen molar-refractivity contribution in [1.82, 2.24) is 19.1 Å². The van der Waals surface area contributed by atoms with E-state index in [9.17, 15) is 17.6 Å². The molecule has 9 heteroatoms. The van der Waals surface area contributed by atoms with Crippen molar-refractivity contribution in [3.8, 4) is 0 Å². The number of carbonyl (C=O) groups excluding carboxylic acids is 1. The topological polar surface area (TPSA) is 73.8 Å². The van der Waals surface area contributed by atoms with Crippen LogP contribution in [0.15, 0.2) is 53.7 Å². The van der Waals surface area contributed by atoms with Crippen LogP contribution < -0.4 is 0 Å². The van der Waals surface area contributed by atoms with E-state index < -0.39 is 15.8 Å². The normalized spacial score (nSPS) is 15.5. The van der Waals surface area contributed by atoms with Crippen molar-refractivity contribution in [2.24, 2.45) is 0 Å². The molecule has 162 valence electrons. The highest BCUT2D eigenvalue weighted by atomic mass is 32.2. The number of hydrogen-bond donors (Lipinski definition) is 0. The Balaban J connectivity index is 1.41. The van der Waals surface area contributed by atoms with Crippen LogP contribution in [0.25, 0.3) is 0 Å². The molecular weight excluding hydrogens is 407 g/mol. The second-order valence-corrected chi connectivity index (χ2v) is 9.45. The van der Waals surface area contributed by atoms with Gasteiger partial charge in [0.2, 0.25) is 15.9 Å². The maximum Gasteiger partial charge on any atom is 0.242 e. The number of aromatic nitrogens is 1. The van der Waals surface area contributed by atoms with Gasteiger partial charge in [-0.3, -0.25) is 14.7 Å². The molecule has 0 bridgehead atoms. The Morgan fingerprint density at radius 2 is 1.83 bits per heavy atom. The van der Waals surface area contributed by atoms with Gasteiger partial charge < -0.3 is 4.90 Å². The average molecular weight is 435 g/mol. The first kappa shape index (κ1) is 22.3. The van der Waals surface area contributed by atoms with E-state index in [-0.39, 0.29) is 17.3 Å². The lowest BCUT2D eigenvalue weighted by molar-refractivity contribution is -0.133. The molecule has 0 saturated carbocycles. The minimum atomic E-state index is -3.69. The number of amides is 1. The second-order valence-electron chi connectivity index (χ2n) is 7.40. The predicted molar refractivity (Wildman–Crippen MR) is 112 cm³/mol. The van der Waals surface area contributed by atoms with Crippen LogP contribution in [0.3, 0.4) is 0 Å². The number of carbonyl (C=O) groups is 1. The number of sulfonamides is 1. The summed E-state index contributed by atoms with van der Waals surface area (Å²) in [5.74, 6) is -0.439. The van der Waals surface area contributed by atoms with E-state index in [1.165, 1.54) is 23.5 Å². The summed E-state index contributed by atoms with van der Waals surface area (Å²) in [7, 11) is -2.21. The monoisotopic (exact) mass is 434 g/mol. The minimum absolute atomic E-state index is 0.0439. The molecule has 2 aromatic rings. The highest BCUT2D eigenvalue weighted by Crippen LogP contribution is 2.16. The molecule has 1 saturated heterocycles. The number of rotatable bonds is 8. The van der Waals surface area contributed by atoms with Crippen molar-refractivity contribution in [2.45, 2.75) is 24.3 Å². The van der Waals surface area contributed by atoms with Crippen LogP contribution >= 0.6 is 0 Å². The number of benzene rings is 1. The second kappa shape index (κ2) is 10.1. The smallest absolute Gasteiger partial charge is 0.242 e. The fourth-order valence-corrected chi connectivity index (χ4v) is 4.63. The molecule has 0 unspecified atom stereocenters. The first-order valence-corrected chi connectivity index (χ1v) is 11.4. The lowest BCUT2D eigenvalue weighted by Crippen LogP contribution is -2.48. The molecule has 3 rings (SSSR count). The number of piperazine rings is 1. The summed E-state index contributed by atoms with van der Waals surface area (Å²) in [6.07, 6.45) is 4.34. The van der Waals surface area contributed by atoms with Crippen molar-refractivity contribution < 1.29 is 17.6 Å². The molecule has 0 atom stereocenters. The van der Waals surface area contributed by atoms with Crippen molar-refractivity contribution in [2.75, 3.05) is 39.8 Å². The molecule has 30 heavy (non-hydrogen) atoms. The lowest BCUT2D eigenvalue weighted by Gasteiger charge is -2.34. The van der Waals surface area contributed by atoms with E-state index >= 15 is 0 Å². The largest absolute Gasteiger partial charge is 0.340 e. The van der Waals surface area contributed by atoms with Gasteiger partial charge in [0.25, 0.3) is 0 Å². The van der Waals surface area contributed by atoms with Crippen molar-refractivity contribution >= 4 is 15.9 Å². The Bertz CT molecular complexity index is 930. The van der Waals surface area contributed by atoms with Gasteiger partial charge in [-0.05, 0) is 42.3 Å².